The third kappa shape index (κ3) is 39.7. The van der Waals surface area contributed by atoms with E-state index in [4.69, 9.17) is 28.0 Å². The van der Waals surface area contributed by atoms with Crippen LogP contribution in [0.25, 0.3) is 0 Å². The third-order valence-electron chi connectivity index (χ3n) is 15.2. The van der Waals surface area contributed by atoms with E-state index in [-0.39, 0.29) is 77.3 Å². The molecule has 480 valence electrons. The van der Waals surface area contributed by atoms with Crippen LogP contribution in [0.2, 0.25) is 0 Å². The lowest BCUT2D eigenvalue weighted by atomic mass is 10.0. The maximum Gasteiger partial charge on any atom is 0.472 e. The van der Waals surface area contributed by atoms with E-state index < -0.39 is 38.4 Å². The second-order valence-corrected chi connectivity index (χ2v) is 24.2. The first-order valence-electron chi connectivity index (χ1n) is 33.2. The molecule has 17 heteroatoms. The van der Waals surface area contributed by atoms with Gasteiger partial charge in [-0.3, -0.25) is 33.0 Å². The Morgan fingerprint density at radius 1 is 0.506 bits per heavy atom. The van der Waals surface area contributed by atoms with Crippen molar-refractivity contribution in [3.05, 3.63) is 65.2 Å². The van der Waals surface area contributed by atoms with Gasteiger partial charge in [0.05, 0.1) is 45.3 Å². The molecule has 0 aliphatic carbocycles. The van der Waals surface area contributed by atoms with Crippen LogP contribution in [0.1, 0.15) is 262 Å². The summed E-state index contributed by atoms with van der Waals surface area (Å²) in [4.78, 5) is 76.1. The molecule has 3 amide bonds. The van der Waals surface area contributed by atoms with Gasteiger partial charge in [0.15, 0.2) is 6.10 Å². The fraction of sp³-hybridized carbons (Fsp3) is 0.721. The second kappa shape index (κ2) is 50.4. The molecular weight excluding hydrogens is 1100 g/mol. The van der Waals surface area contributed by atoms with E-state index >= 15 is 0 Å². The Morgan fingerprint density at radius 3 is 1.55 bits per heavy atom. The minimum absolute atomic E-state index is 0.0206. The van der Waals surface area contributed by atoms with Crippen LogP contribution in [0.3, 0.4) is 0 Å². The molecule has 2 atom stereocenters. The lowest BCUT2D eigenvalue weighted by Gasteiger charge is -2.26. The summed E-state index contributed by atoms with van der Waals surface area (Å²) in [6.07, 6.45) is 37.4. The molecule has 0 saturated carbocycles. The first kappa shape index (κ1) is 74.6. The summed E-state index contributed by atoms with van der Waals surface area (Å²) in [5.74, 6) is 4.87. The first-order valence-corrected chi connectivity index (χ1v) is 34.7. The Labute approximate surface area is 512 Å². The highest BCUT2D eigenvalue weighted by molar-refractivity contribution is 7.47. The molecule has 1 aliphatic heterocycles. The van der Waals surface area contributed by atoms with Crippen molar-refractivity contribution >= 4 is 43.2 Å². The van der Waals surface area contributed by atoms with E-state index in [1.54, 1.807) is 4.90 Å². The van der Waals surface area contributed by atoms with Gasteiger partial charge in [-0.2, -0.15) is 0 Å². The number of phosphoric acid groups is 1. The van der Waals surface area contributed by atoms with Crippen molar-refractivity contribution in [3.63, 3.8) is 0 Å². The average molecular weight is 1210 g/mol. The molecule has 0 aromatic heterocycles. The number of anilines is 1. The first-order chi connectivity index (χ1) is 41.5. The number of unbranched alkanes of at least 4 members (excludes halogenated alkanes) is 29. The summed E-state index contributed by atoms with van der Waals surface area (Å²) in [6.45, 7) is 4.14. The van der Waals surface area contributed by atoms with Crippen molar-refractivity contribution < 1.29 is 61.4 Å². The van der Waals surface area contributed by atoms with Crippen LogP contribution in [-0.2, 0) is 63.1 Å². The number of hydrogen-bond acceptors (Lipinski definition) is 12. The number of nitrogens with one attached hydrogen (secondary N) is 2. The van der Waals surface area contributed by atoms with E-state index in [1.165, 1.54) is 141 Å². The number of esters is 2. The Hall–Kier alpha value is -4.62. The van der Waals surface area contributed by atoms with Gasteiger partial charge < -0.3 is 39.4 Å². The van der Waals surface area contributed by atoms with Gasteiger partial charge in [0, 0.05) is 49.9 Å². The molecule has 1 aliphatic rings. The number of fused-ring (bicyclic) bond motifs is 2. The second-order valence-electron chi connectivity index (χ2n) is 22.8. The molecular formula is C68H110N3O13P. The van der Waals surface area contributed by atoms with Crippen LogP contribution < -0.4 is 15.5 Å². The number of carbonyl (C=O) groups is 5. The number of para-hydroxylation sites is 1. The topological polar surface area (TPSA) is 205 Å². The maximum atomic E-state index is 13.4. The summed E-state index contributed by atoms with van der Waals surface area (Å²) >= 11 is 0. The van der Waals surface area contributed by atoms with Crippen LogP contribution in [0.5, 0.6) is 0 Å². The number of phosphoric ester groups is 1. The van der Waals surface area contributed by atoms with Crippen LogP contribution in [0.4, 0.5) is 5.69 Å². The number of hydrogen-bond donors (Lipinski definition) is 3. The minimum Gasteiger partial charge on any atom is -0.462 e. The lowest BCUT2D eigenvalue weighted by Crippen LogP contribution is -2.32. The van der Waals surface area contributed by atoms with E-state index in [0.29, 0.717) is 45.2 Å². The summed E-state index contributed by atoms with van der Waals surface area (Å²) in [5.41, 5.74) is 3.48. The number of benzene rings is 2. The van der Waals surface area contributed by atoms with Crippen molar-refractivity contribution in [1.82, 2.24) is 10.6 Å². The van der Waals surface area contributed by atoms with E-state index in [0.717, 1.165) is 60.9 Å². The van der Waals surface area contributed by atoms with Crippen molar-refractivity contribution in [2.24, 2.45) is 0 Å². The monoisotopic (exact) mass is 1210 g/mol. The zero-order valence-electron chi connectivity index (χ0n) is 52.5. The molecule has 0 fully saturated rings. The Morgan fingerprint density at radius 2 is 0.965 bits per heavy atom. The van der Waals surface area contributed by atoms with E-state index in [9.17, 15) is 33.4 Å². The van der Waals surface area contributed by atoms with Gasteiger partial charge in [-0.25, -0.2) is 4.57 Å². The number of nitrogens with zero attached hydrogens (tertiary/aromatic N) is 1. The number of ether oxygens (including phenoxy) is 4. The highest BCUT2D eigenvalue weighted by Gasteiger charge is 2.27. The summed E-state index contributed by atoms with van der Waals surface area (Å²) in [7, 11) is -4.65. The standard InChI is InChI=1S/C68H110N3O13P/c1-3-5-7-9-11-13-15-17-19-21-23-25-27-29-31-45-67(75)81-56-62(84-68(76)46-32-30-28-26-24-22-20-18-16-14-12-10-8-6-4-2)57-83-85(77,78)82-52-50-70-65(73)58-80-54-53-79-51-49-69-64(72)43-37-38-44-66(74)71-55-61-41-34-33-39-59(61)47-48-60-40-35-36-42-63(60)71/h33-36,39-42,62H,3-32,37-38,43-46,49-58H2,1-2H3,(H,69,72)(H,70,73)(H,77,78). The average Bonchev–Trinajstić information content (AvgIpc) is 3.11. The minimum atomic E-state index is -4.65. The Balaban J connectivity index is 1.24. The predicted octanol–water partition coefficient (Wildman–Crippen LogP) is 14.9. The molecule has 16 nitrogen and oxygen atoms in total. The molecule has 2 unspecified atom stereocenters. The summed E-state index contributed by atoms with van der Waals surface area (Å²) < 4.78 is 45.0. The maximum absolute atomic E-state index is 13.4. The van der Waals surface area contributed by atoms with Crippen molar-refractivity contribution in [3.8, 4) is 11.8 Å². The fourth-order valence-electron chi connectivity index (χ4n) is 10.2. The van der Waals surface area contributed by atoms with Crippen LogP contribution >= 0.6 is 7.82 Å². The predicted molar refractivity (Wildman–Crippen MR) is 338 cm³/mol. The fourth-order valence-corrected chi connectivity index (χ4v) is 10.9. The smallest absolute Gasteiger partial charge is 0.462 e. The SMILES string of the molecule is CCCCCCCCCCCCCCCCCC(=O)OCC(COP(=O)(O)OCCNC(=O)COCCOCCNC(=O)CCCCC(=O)N1Cc2ccccc2C#Cc2ccccc21)OC(=O)CCCCCCCCCCCCCCCCC. The highest BCUT2D eigenvalue weighted by atomic mass is 31.2. The van der Waals surface area contributed by atoms with Crippen LogP contribution in [0, 0.1) is 11.8 Å². The van der Waals surface area contributed by atoms with Gasteiger partial charge in [-0.15, -0.1) is 0 Å². The lowest BCUT2D eigenvalue weighted by molar-refractivity contribution is -0.161. The quantitative estimate of drug-likeness (QED) is 0.0244. The summed E-state index contributed by atoms with van der Waals surface area (Å²) in [5, 5.41) is 5.36. The zero-order valence-corrected chi connectivity index (χ0v) is 53.4. The molecule has 0 radical (unpaired) electrons. The zero-order chi connectivity index (χ0) is 61.1. The van der Waals surface area contributed by atoms with Gasteiger partial charge in [-0.05, 0) is 49.4 Å². The molecule has 2 aromatic carbocycles. The molecule has 0 spiro atoms. The van der Waals surface area contributed by atoms with E-state index in [2.05, 4.69) is 36.3 Å². The highest BCUT2D eigenvalue weighted by Crippen LogP contribution is 2.43. The molecule has 85 heavy (non-hydrogen) atoms. The van der Waals surface area contributed by atoms with Crippen molar-refractivity contribution in [2.75, 3.05) is 64.2 Å². The van der Waals surface area contributed by atoms with Crippen molar-refractivity contribution in [1.29, 1.82) is 0 Å². The number of rotatable bonds is 55. The van der Waals surface area contributed by atoms with Crippen molar-refractivity contribution in [2.45, 2.75) is 258 Å². The van der Waals surface area contributed by atoms with Gasteiger partial charge in [-0.1, -0.05) is 236 Å². The third-order valence-corrected chi connectivity index (χ3v) is 16.2. The van der Waals surface area contributed by atoms with Gasteiger partial charge >= 0.3 is 19.8 Å². The molecule has 0 saturated heterocycles. The summed E-state index contributed by atoms with van der Waals surface area (Å²) in [6, 6.07) is 15.5. The van der Waals surface area contributed by atoms with Crippen LogP contribution in [0.15, 0.2) is 48.5 Å². The van der Waals surface area contributed by atoms with Gasteiger partial charge in [0.1, 0.15) is 13.2 Å². The molecule has 3 N–H and O–H groups in total. The Kier molecular flexibility index (Phi) is 44.2. The Bertz CT molecular complexity index is 2220. The number of carbonyl (C=O) groups excluding carboxylic acids is 5. The molecule has 0 bridgehead atoms. The van der Waals surface area contributed by atoms with Gasteiger partial charge in [0.25, 0.3) is 0 Å². The van der Waals surface area contributed by atoms with Gasteiger partial charge in [0.2, 0.25) is 17.7 Å². The largest absolute Gasteiger partial charge is 0.472 e. The molecule has 1 heterocycles. The van der Waals surface area contributed by atoms with E-state index in [1.807, 2.05) is 48.5 Å². The normalized spacial score (nSPS) is 12.9. The number of amides is 3. The molecule has 3 rings (SSSR count). The van der Waals surface area contributed by atoms with Crippen LogP contribution in [-0.4, -0.2) is 100.0 Å². The molecule has 2 aromatic rings.